The minimum Gasteiger partial charge on any atom is -0.374 e. The Labute approximate surface area is 126 Å². The van der Waals surface area contributed by atoms with Crippen LogP contribution >= 0.6 is 0 Å². The van der Waals surface area contributed by atoms with E-state index in [1.807, 2.05) is 30.3 Å². The van der Waals surface area contributed by atoms with Gasteiger partial charge in [-0.15, -0.1) is 0 Å². The summed E-state index contributed by atoms with van der Waals surface area (Å²) < 4.78 is 32.6. The van der Waals surface area contributed by atoms with Crippen molar-refractivity contribution in [3.8, 4) is 0 Å². The predicted octanol–water partition coefficient (Wildman–Crippen LogP) is 0.969. The number of hydrogen-bond donors (Lipinski definition) is 1. The summed E-state index contributed by atoms with van der Waals surface area (Å²) in [6.07, 6.45) is 1.70. The summed E-state index contributed by atoms with van der Waals surface area (Å²) >= 11 is 0. The molecule has 1 unspecified atom stereocenters. The third-order valence-electron chi connectivity index (χ3n) is 3.89. The van der Waals surface area contributed by atoms with Gasteiger partial charge in [-0.05, 0) is 18.4 Å². The molecule has 1 saturated heterocycles. The van der Waals surface area contributed by atoms with Gasteiger partial charge in [0.05, 0.1) is 18.5 Å². The molecule has 0 radical (unpaired) electrons. The lowest BCUT2D eigenvalue weighted by Gasteiger charge is -2.27. The molecule has 1 atom stereocenters. The number of nitrogens with one attached hydrogen (secondary N) is 1. The van der Waals surface area contributed by atoms with E-state index in [0.717, 1.165) is 24.9 Å². The van der Waals surface area contributed by atoms with Gasteiger partial charge in [0.2, 0.25) is 10.0 Å². The molecule has 0 bridgehead atoms. The van der Waals surface area contributed by atoms with Crippen LogP contribution < -0.4 is 5.32 Å². The van der Waals surface area contributed by atoms with Gasteiger partial charge in [-0.25, -0.2) is 8.42 Å². The molecule has 0 amide bonds. The van der Waals surface area contributed by atoms with E-state index in [1.54, 1.807) is 4.31 Å². The maximum absolute atomic E-state index is 12.7. The largest absolute Gasteiger partial charge is 0.374 e. The predicted molar refractivity (Wildman–Crippen MR) is 81.4 cm³/mol. The highest BCUT2D eigenvalue weighted by Crippen LogP contribution is 2.31. The van der Waals surface area contributed by atoms with E-state index in [2.05, 4.69) is 5.32 Å². The van der Waals surface area contributed by atoms with Crippen molar-refractivity contribution in [2.45, 2.75) is 31.5 Å². The first kappa shape index (κ1) is 15.0. The van der Waals surface area contributed by atoms with Crippen molar-refractivity contribution in [1.29, 1.82) is 0 Å². The molecule has 0 aromatic heterocycles. The summed E-state index contributed by atoms with van der Waals surface area (Å²) in [6, 6.07) is 9.96. The fourth-order valence-corrected chi connectivity index (χ4v) is 4.52. The van der Waals surface area contributed by atoms with Crippen molar-refractivity contribution < 1.29 is 13.2 Å². The zero-order valence-electron chi connectivity index (χ0n) is 12.1. The van der Waals surface area contributed by atoms with Crippen LogP contribution in [0.1, 0.15) is 18.4 Å². The molecule has 3 rings (SSSR count). The van der Waals surface area contributed by atoms with Crippen LogP contribution in [0.25, 0.3) is 0 Å². The minimum atomic E-state index is -3.29. The second kappa shape index (κ2) is 6.44. The van der Waals surface area contributed by atoms with Gasteiger partial charge >= 0.3 is 0 Å². The van der Waals surface area contributed by atoms with Crippen LogP contribution in [0, 0.1) is 0 Å². The quantitative estimate of drug-likeness (QED) is 0.850. The first-order valence-corrected chi connectivity index (χ1v) is 9.12. The van der Waals surface area contributed by atoms with Crippen LogP contribution in [-0.2, 0) is 21.3 Å². The third kappa shape index (κ3) is 4.03. The highest BCUT2D eigenvalue weighted by atomic mass is 32.2. The standard InChI is InChI=1S/C15H22N2O3S/c18-21(19,12-15-10-16-8-9-20-15)17(14-6-7-14)11-13-4-2-1-3-5-13/h1-5,14-16H,6-12H2. The molecule has 5 nitrogen and oxygen atoms in total. The summed E-state index contributed by atoms with van der Waals surface area (Å²) in [4.78, 5) is 0. The first-order valence-electron chi connectivity index (χ1n) is 7.51. The Kier molecular flexibility index (Phi) is 4.59. The smallest absolute Gasteiger partial charge is 0.217 e. The Morgan fingerprint density at radius 1 is 1.24 bits per heavy atom. The molecule has 2 aliphatic rings. The molecule has 1 N–H and O–H groups in total. The summed E-state index contributed by atoms with van der Waals surface area (Å²) in [7, 11) is -3.29. The number of sulfonamides is 1. The molecular formula is C15H22N2O3S. The molecular weight excluding hydrogens is 288 g/mol. The summed E-state index contributed by atoms with van der Waals surface area (Å²) in [5.41, 5.74) is 1.04. The van der Waals surface area contributed by atoms with E-state index in [1.165, 1.54) is 0 Å². The van der Waals surface area contributed by atoms with E-state index in [-0.39, 0.29) is 17.9 Å². The van der Waals surface area contributed by atoms with Crippen LogP contribution in [0.5, 0.6) is 0 Å². The Morgan fingerprint density at radius 2 is 2.00 bits per heavy atom. The van der Waals surface area contributed by atoms with Gasteiger partial charge in [-0.2, -0.15) is 4.31 Å². The van der Waals surface area contributed by atoms with Crippen molar-refractivity contribution in [1.82, 2.24) is 9.62 Å². The van der Waals surface area contributed by atoms with Crippen molar-refractivity contribution in [2.24, 2.45) is 0 Å². The van der Waals surface area contributed by atoms with Gasteiger partial charge in [0.1, 0.15) is 0 Å². The first-order chi connectivity index (χ1) is 10.1. The molecule has 1 aromatic carbocycles. The second-order valence-electron chi connectivity index (χ2n) is 5.74. The molecule has 1 saturated carbocycles. The van der Waals surface area contributed by atoms with Crippen molar-refractivity contribution in [2.75, 3.05) is 25.4 Å². The summed E-state index contributed by atoms with van der Waals surface area (Å²) in [6.45, 7) is 2.46. The lowest BCUT2D eigenvalue weighted by Crippen LogP contribution is -2.45. The molecule has 1 aliphatic carbocycles. The van der Waals surface area contributed by atoms with Crippen LogP contribution in [0.3, 0.4) is 0 Å². The van der Waals surface area contributed by atoms with Gasteiger partial charge in [0.15, 0.2) is 0 Å². The van der Waals surface area contributed by atoms with Gasteiger partial charge in [0, 0.05) is 25.7 Å². The third-order valence-corrected chi connectivity index (χ3v) is 5.83. The number of morpholine rings is 1. The molecule has 6 heteroatoms. The molecule has 2 fully saturated rings. The molecule has 0 spiro atoms. The lowest BCUT2D eigenvalue weighted by atomic mass is 10.2. The zero-order chi connectivity index (χ0) is 14.7. The normalized spacial score (nSPS) is 23.4. The molecule has 116 valence electrons. The van der Waals surface area contributed by atoms with Crippen LogP contribution in [-0.4, -0.2) is 50.3 Å². The average Bonchev–Trinajstić information content (AvgIpc) is 3.31. The highest BCUT2D eigenvalue weighted by molar-refractivity contribution is 7.89. The van der Waals surface area contributed by atoms with Gasteiger partial charge in [-0.1, -0.05) is 30.3 Å². The molecule has 1 aromatic rings. The number of ether oxygens (including phenoxy) is 1. The van der Waals surface area contributed by atoms with Crippen LogP contribution in [0.15, 0.2) is 30.3 Å². The fraction of sp³-hybridized carbons (Fsp3) is 0.600. The van der Waals surface area contributed by atoms with Crippen LogP contribution in [0.4, 0.5) is 0 Å². The molecule has 1 heterocycles. The summed E-state index contributed by atoms with van der Waals surface area (Å²) in [5.74, 6) is 0.0728. The number of hydrogen-bond acceptors (Lipinski definition) is 4. The van der Waals surface area contributed by atoms with Crippen molar-refractivity contribution >= 4 is 10.0 Å². The average molecular weight is 310 g/mol. The Hall–Kier alpha value is -0.950. The number of benzene rings is 1. The molecule has 21 heavy (non-hydrogen) atoms. The van der Waals surface area contributed by atoms with E-state index < -0.39 is 10.0 Å². The van der Waals surface area contributed by atoms with E-state index in [0.29, 0.717) is 19.7 Å². The van der Waals surface area contributed by atoms with Crippen molar-refractivity contribution in [3.63, 3.8) is 0 Å². The van der Waals surface area contributed by atoms with Gasteiger partial charge in [0.25, 0.3) is 0 Å². The van der Waals surface area contributed by atoms with Crippen LogP contribution in [0.2, 0.25) is 0 Å². The second-order valence-corrected chi connectivity index (χ2v) is 7.70. The van der Waals surface area contributed by atoms with Crippen molar-refractivity contribution in [3.05, 3.63) is 35.9 Å². The maximum Gasteiger partial charge on any atom is 0.217 e. The zero-order valence-corrected chi connectivity index (χ0v) is 12.9. The minimum absolute atomic E-state index is 0.0728. The SMILES string of the molecule is O=S(=O)(CC1CNCCO1)N(Cc1ccccc1)C1CC1. The lowest BCUT2D eigenvalue weighted by molar-refractivity contribution is 0.0423. The van der Waals surface area contributed by atoms with E-state index in [4.69, 9.17) is 4.74 Å². The monoisotopic (exact) mass is 310 g/mol. The molecule has 1 aliphatic heterocycles. The fourth-order valence-electron chi connectivity index (χ4n) is 2.64. The Bertz CT molecular complexity index is 552. The van der Waals surface area contributed by atoms with E-state index in [9.17, 15) is 8.42 Å². The van der Waals surface area contributed by atoms with Gasteiger partial charge < -0.3 is 10.1 Å². The maximum atomic E-state index is 12.7. The highest BCUT2D eigenvalue weighted by Gasteiger charge is 2.38. The number of rotatable bonds is 6. The van der Waals surface area contributed by atoms with E-state index >= 15 is 0 Å². The van der Waals surface area contributed by atoms with Gasteiger partial charge in [-0.3, -0.25) is 0 Å². The number of nitrogens with zero attached hydrogens (tertiary/aromatic N) is 1. The Morgan fingerprint density at radius 3 is 2.62 bits per heavy atom. The topological polar surface area (TPSA) is 58.6 Å². The Balaban J connectivity index is 1.70. The summed E-state index contributed by atoms with van der Waals surface area (Å²) in [5, 5.41) is 3.18.